The Bertz CT molecular complexity index is 895. The van der Waals surface area contributed by atoms with Gasteiger partial charge in [0.05, 0.1) is 32.0 Å². The molecule has 0 saturated heterocycles. The van der Waals surface area contributed by atoms with Crippen LogP contribution in [0.3, 0.4) is 0 Å². The van der Waals surface area contributed by atoms with Gasteiger partial charge in [-0.3, -0.25) is 14.8 Å². The van der Waals surface area contributed by atoms with E-state index in [1.165, 1.54) is 0 Å². The first-order valence-corrected chi connectivity index (χ1v) is 8.06. The second-order valence-electron chi connectivity index (χ2n) is 5.56. The zero-order valence-electron chi connectivity index (χ0n) is 14.6. The van der Waals surface area contributed by atoms with Gasteiger partial charge in [-0.15, -0.1) is 0 Å². The molecule has 0 unspecified atom stereocenters. The summed E-state index contributed by atoms with van der Waals surface area (Å²) in [6.07, 6.45) is 4.91. The minimum Gasteiger partial charge on any atom is -0.497 e. The Morgan fingerprint density at radius 3 is 2.46 bits per heavy atom. The topological polar surface area (TPSA) is 73.3 Å². The molecule has 0 aliphatic rings. The Labute approximate surface area is 151 Å². The van der Waals surface area contributed by atoms with Crippen molar-refractivity contribution in [1.82, 2.24) is 15.3 Å². The Hall–Kier alpha value is -3.41. The molecule has 2 aromatic heterocycles. The van der Waals surface area contributed by atoms with Crippen LogP contribution in [0.15, 0.2) is 61.1 Å². The monoisotopic (exact) mass is 349 g/mol. The lowest BCUT2D eigenvalue weighted by atomic mass is 10.1. The Balaban J connectivity index is 1.71. The van der Waals surface area contributed by atoms with E-state index in [9.17, 15) is 4.79 Å². The largest absolute Gasteiger partial charge is 0.497 e. The average molecular weight is 349 g/mol. The summed E-state index contributed by atoms with van der Waals surface area (Å²) >= 11 is 0. The highest BCUT2D eigenvalue weighted by Crippen LogP contribution is 2.22. The average Bonchev–Trinajstić information content (AvgIpc) is 2.72. The van der Waals surface area contributed by atoms with Crippen LogP contribution in [0, 0.1) is 0 Å². The zero-order valence-corrected chi connectivity index (χ0v) is 14.6. The van der Waals surface area contributed by atoms with Crippen LogP contribution in [0.2, 0.25) is 0 Å². The first-order chi connectivity index (χ1) is 12.7. The Kier molecular flexibility index (Phi) is 5.43. The molecule has 0 saturated carbocycles. The van der Waals surface area contributed by atoms with Gasteiger partial charge in [-0.2, -0.15) is 0 Å². The van der Waals surface area contributed by atoms with E-state index in [1.807, 2.05) is 30.3 Å². The number of nitrogens with zero attached hydrogens (tertiary/aromatic N) is 2. The molecule has 132 valence electrons. The van der Waals surface area contributed by atoms with Crippen molar-refractivity contribution in [3.8, 4) is 22.6 Å². The van der Waals surface area contributed by atoms with Crippen molar-refractivity contribution >= 4 is 5.91 Å². The van der Waals surface area contributed by atoms with Gasteiger partial charge in [0.2, 0.25) is 0 Å². The summed E-state index contributed by atoms with van der Waals surface area (Å²) < 4.78 is 10.3. The molecule has 0 bridgehead atoms. The summed E-state index contributed by atoms with van der Waals surface area (Å²) in [6, 6.07) is 12.9. The Morgan fingerprint density at radius 1 is 0.962 bits per heavy atom. The van der Waals surface area contributed by atoms with Gasteiger partial charge in [0.1, 0.15) is 11.5 Å². The fraction of sp³-hybridized carbons (Fsp3) is 0.150. The lowest BCUT2D eigenvalue weighted by Crippen LogP contribution is -2.23. The molecule has 2 heterocycles. The summed E-state index contributed by atoms with van der Waals surface area (Å²) in [4.78, 5) is 20.8. The second kappa shape index (κ2) is 8.11. The smallest absolute Gasteiger partial charge is 0.253 e. The van der Waals surface area contributed by atoms with E-state index in [0.29, 0.717) is 17.9 Å². The van der Waals surface area contributed by atoms with Crippen molar-refractivity contribution in [2.45, 2.75) is 6.54 Å². The number of hydrogen-bond donors (Lipinski definition) is 1. The van der Waals surface area contributed by atoms with Crippen LogP contribution >= 0.6 is 0 Å². The van der Waals surface area contributed by atoms with Crippen molar-refractivity contribution in [3.63, 3.8) is 0 Å². The number of ether oxygens (including phenoxy) is 2. The highest BCUT2D eigenvalue weighted by Gasteiger charge is 2.09. The molecule has 3 rings (SSSR count). The second-order valence-corrected chi connectivity index (χ2v) is 5.56. The molecule has 3 aromatic rings. The van der Waals surface area contributed by atoms with Crippen LogP contribution < -0.4 is 14.8 Å². The molecule has 0 aliphatic heterocycles. The summed E-state index contributed by atoms with van der Waals surface area (Å²) in [5.41, 5.74) is 3.03. The predicted octanol–water partition coefficient (Wildman–Crippen LogP) is 3.09. The van der Waals surface area contributed by atoms with Gasteiger partial charge in [-0.05, 0) is 29.8 Å². The predicted molar refractivity (Wildman–Crippen MR) is 98.2 cm³/mol. The third-order valence-electron chi connectivity index (χ3n) is 3.88. The van der Waals surface area contributed by atoms with E-state index >= 15 is 0 Å². The summed E-state index contributed by atoms with van der Waals surface area (Å²) in [5.74, 6) is 1.27. The van der Waals surface area contributed by atoms with Gasteiger partial charge >= 0.3 is 0 Å². The molecule has 6 heteroatoms. The standard InChI is InChI=1S/C20H19N3O3/c1-25-18-5-3-14(4-6-18)15-9-16(12-21-11-15)20(24)23-13-17-10-19(26-2)7-8-22-17/h3-12H,13H2,1-2H3,(H,23,24). The van der Waals surface area contributed by atoms with Gasteiger partial charge in [0, 0.05) is 30.2 Å². The maximum atomic E-state index is 12.4. The number of aromatic nitrogens is 2. The molecule has 1 aromatic carbocycles. The fourth-order valence-electron chi connectivity index (χ4n) is 2.46. The van der Waals surface area contributed by atoms with Crippen LogP contribution in [0.4, 0.5) is 0 Å². The van der Waals surface area contributed by atoms with E-state index in [0.717, 1.165) is 22.6 Å². The highest BCUT2D eigenvalue weighted by molar-refractivity contribution is 5.95. The third-order valence-corrected chi connectivity index (χ3v) is 3.88. The summed E-state index contributed by atoms with van der Waals surface area (Å²) in [5, 5.41) is 2.85. The molecular formula is C20H19N3O3. The normalized spacial score (nSPS) is 10.2. The number of amides is 1. The SMILES string of the molecule is COc1ccc(-c2cncc(C(=O)NCc3cc(OC)ccn3)c2)cc1. The number of rotatable bonds is 6. The van der Waals surface area contributed by atoms with E-state index < -0.39 is 0 Å². The highest BCUT2D eigenvalue weighted by atomic mass is 16.5. The van der Waals surface area contributed by atoms with Gasteiger partial charge in [-0.25, -0.2) is 0 Å². The van der Waals surface area contributed by atoms with E-state index in [1.54, 1.807) is 44.9 Å². The van der Waals surface area contributed by atoms with Crippen molar-refractivity contribution in [3.05, 3.63) is 72.3 Å². The number of benzene rings is 1. The molecule has 0 atom stereocenters. The fourth-order valence-corrected chi connectivity index (χ4v) is 2.46. The third kappa shape index (κ3) is 4.16. The molecule has 0 aliphatic carbocycles. The van der Waals surface area contributed by atoms with Crippen LogP contribution in [0.5, 0.6) is 11.5 Å². The van der Waals surface area contributed by atoms with Crippen molar-refractivity contribution < 1.29 is 14.3 Å². The van der Waals surface area contributed by atoms with Crippen LogP contribution in [-0.4, -0.2) is 30.1 Å². The lowest BCUT2D eigenvalue weighted by molar-refractivity contribution is 0.0950. The minimum absolute atomic E-state index is 0.211. The molecular weight excluding hydrogens is 330 g/mol. The number of pyridine rings is 2. The summed E-state index contributed by atoms with van der Waals surface area (Å²) in [7, 11) is 3.22. The number of nitrogens with one attached hydrogen (secondary N) is 1. The number of methoxy groups -OCH3 is 2. The Morgan fingerprint density at radius 2 is 1.73 bits per heavy atom. The van der Waals surface area contributed by atoms with Gasteiger partial charge in [0.15, 0.2) is 0 Å². The quantitative estimate of drug-likeness (QED) is 0.740. The molecule has 0 radical (unpaired) electrons. The van der Waals surface area contributed by atoms with Gasteiger partial charge < -0.3 is 14.8 Å². The molecule has 1 N–H and O–H groups in total. The first-order valence-electron chi connectivity index (χ1n) is 8.06. The molecule has 1 amide bonds. The number of carbonyl (C=O) groups excluding carboxylic acids is 1. The molecule has 0 fully saturated rings. The molecule has 0 spiro atoms. The van der Waals surface area contributed by atoms with E-state index in [-0.39, 0.29) is 5.91 Å². The first kappa shape index (κ1) is 17.4. The van der Waals surface area contributed by atoms with Crippen LogP contribution in [0.25, 0.3) is 11.1 Å². The minimum atomic E-state index is -0.211. The van der Waals surface area contributed by atoms with E-state index in [2.05, 4.69) is 15.3 Å². The van der Waals surface area contributed by atoms with Crippen molar-refractivity contribution in [2.24, 2.45) is 0 Å². The van der Waals surface area contributed by atoms with Crippen molar-refractivity contribution in [2.75, 3.05) is 14.2 Å². The van der Waals surface area contributed by atoms with Gasteiger partial charge in [0.25, 0.3) is 5.91 Å². The number of carbonyl (C=O) groups is 1. The lowest BCUT2D eigenvalue weighted by Gasteiger charge is -2.08. The van der Waals surface area contributed by atoms with Gasteiger partial charge in [-0.1, -0.05) is 12.1 Å². The van der Waals surface area contributed by atoms with E-state index in [4.69, 9.17) is 9.47 Å². The van der Waals surface area contributed by atoms with Crippen LogP contribution in [0.1, 0.15) is 16.1 Å². The van der Waals surface area contributed by atoms with Crippen LogP contribution in [-0.2, 0) is 6.54 Å². The zero-order chi connectivity index (χ0) is 18.4. The van der Waals surface area contributed by atoms with Crippen molar-refractivity contribution in [1.29, 1.82) is 0 Å². The molecule has 6 nitrogen and oxygen atoms in total. The summed E-state index contributed by atoms with van der Waals surface area (Å²) in [6.45, 7) is 0.308. The molecule has 26 heavy (non-hydrogen) atoms. The maximum Gasteiger partial charge on any atom is 0.253 e. The number of hydrogen-bond acceptors (Lipinski definition) is 5. The maximum absolute atomic E-state index is 12.4.